The maximum Gasteiger partial charge on any atom is 0.319 e. The van der Waals surface area contributed by atoms with E-state index in [1.54, 1.807) is 14.2 Å². The molecule has 2 aromatic carbocycles. The first-order valence-electron chi connectivity index (χ1n) is 9.27. The molecule has 1 aliphatic heterocycles. The van der Waals surface area contributed by atoms with E-state index in [0.29, 0.717) is 18.0 Å². The highest BCUT2D eigenvalue weighted by atomic mass is 16.5. The van der Waals surface area contributed by atoms with Crippen LogP contribution in [0.5, 0.6) is 11.5 Å². The lowest BCUT2D eigenvalue weighted by Gasteiger charge is -2.29. The Morgan fingerprint density at radius 1 is 1.00 bits per heavy atom. The molecular weight excluding hydrogens is 342 g/mol. The molecule has 0 aromatic heterocycles. The van der Waals surface area contributed by atoms with Gasteiger partial charge in [0.05, 0.1) is 25.9 Å². The summed E-state index contributed by atoms with van der Waals surface area (Å²) in [6.45, 7) is 2.55. The van der Waals surface area contributed by atoms with E-state index in [1.165, 1.54) is 12.8 Å². The Morgan fingerprint density at radius 3 is 2.33 bits per heavy atom. The smallest absolute Gasteiger partial charge is 0.319 e. The normalized spacial score (nSPS) is 15.2. The summed E-state index contributed by atoms with van der Waals surface area (Å²) in [7, 11) is 3.27. The summed E-state index contributed by atoms with van der Waals surface area (Å²) in [6.07, 6.45) is 2.36. The summed E-state index contributed by atoms with van der Waals surface area (Å²) in [5, 5.41) is 5.87. The number of hydrogen-bond acceptors (Lipinski definition) is 4. The fourth-order valence-corrected chi connectivity index (χ4v) is 3.53. The second-order valence-corrected chi connectivity index (χ2v) is 6.54. The Labute approximate surface area is 160 Å². The molecule has 0 spiro atoms. The molecule has 2 N–H and O–H groups in total. The molecule has 0 aliphatic carbocycles. The SMILES string of the molecule is COc1ccccc1NC(=O)NCC(c1ccccc1OC)N1CCCC1. The second kappa shape index (κ2) is 9.28. The van der Waals surface area contributed by atoms with Crippen LogP contribution < -0.4 is 20.1 Å². The Morgan fingerprint density at radius 2 is 1.63 bits per heavy atom. The number of nitrogens with one attached hydrogen (secondary N) is 2. The van der Waals surface area contributed by atoms with E-state index < -0.39 is 0 Å². The van der Waals surface area contributed by atoms with Gasteiger partial charge in [0, 0.05) is 12.1 Å². The zero-order valence-corrected chi connectivity index (χ0v) is 15.9. The minimum atomic E-state index is -0.251. The number of urea groups is 1. The Balaban J connectivity index is 1.70. The Bertz CT molecular complexity index is 760. The van der Waals surface area contributed by atoms with E-state index in [0.717, 1.165) is 24.4 Å². The van der Waals surface area contributed by atoms with E-state index in [1.807, 2.05) is 42.5 Å². The Hall–Kier alpha value is -2.73. The highest BCUT2D eigenvalue weighted by molar-refractivity contribution is 5.90. The largest absolute Gasteiger partial charge is 0.496 e. The maximum atomic E-state index is 12.5. The molecule has 1 unspecified atom stereocenters. The molecule has 1 saturated heterocycles. The van der Waals surface area contributed by atoms with E-state index in [-0.39, 0.29) is 12.1 Å². The number of benzene rings is 2. The quantitative estimate of drug-likeness (QED) is 0.782. The molecule has 3 rings (SSSR count). The van der Waals surface area contributed by atoms with Gasteiger partial charge in [-0.2, -0.15) is 0 Å². The van der Waals surface area contributed by atoms with Crippen molar-refractivity contribution in [1.82, 2.24) is 10.2 Å². The van der Waals surface area contributed by atoms with Gasteiger partial charge in [0.1, 0.15) is 11.5 Å². The number of ether oxygens (including phenoxy) is 2. The van der Waals surface area contributed by atoms with Crippen LogP contribution in [0, 0.1) is 0 Å². The van der Waals surface area contributed by atoms with Gasteiger partial charge in [-0.3, -0.25) is 4.90 Å². The summed E-state index contributed by atoms with van der Waals surface area (Å²) in [6, 6.07) is 15.2. The van der Waals surface area contributed by atoms with Gasteiger partial charge in [0.15, 0.2) is 0 Å². The lowest BCUT2D eigenvalue weighted by molar-refractivity contribution is 0.224. The number of rotatable bonds is 7. The number of carbonyl (C=O) groups excluding carboxylic acids is 1. The van der Waals surface area contributed by atoms with Gasteiger partial charge < -0.3 is 20.1 Å². The van der Waals surface area contributed by atoms with E-state index in [2.05, 4.69) is 21.6 Å². The molecule has 0 saturated carbocycles. The van der Waals surface area contributed by atoms with Crippen LogP contribution in [0.2, 0.25) is 0 Å². The zero-order valence-electron chi connectivity index (χ0n) is 15.9. The van der Waals surface area contributed by atoms with Crippen LogP contribution in [0.15, 0.2) is 48.5 Å². The standard InChI is InChI=1S/C21H27N3O3/c1-26-19-11-5-3-9-16(19)18(24-13-7-8-14-24)15-22-21(25)23-17-10-4-6-12-20(17)27-2/h3-6,9-12,18H,7-8,13-15H2,1-2H3,(H2,22,23,25). The minimum Gasteiger partial charge on any atom is -0.496 e. The molecule has 1 heterocycles. The third-order valence-corrected chi connectivity index (χ3v) is 4.89. The highest BCUT2D eigenvalue weighted by Gasteiger charge is 2.26. The average molecular weight is 369 g/mol. The van der Waals surface area contributed by atoms with Crippen LogP contribution in [0.1, 0.15) is 24.4 Å². The lowest BCUT2D eigenvalue weighted by atomic mass is 10.0. The van der Waals surface area contributed by atoms with Crippen LogP contribution in [-0.4, -0.2) is 44.8 Å². The number of carbonyl (C=O) groups is 1. The van der Waals surface area contributed by atoms with Gasteiger partial charge in [-0.15, -0.1) is 0 Å². The first kappa shape index (κ1) is 19.0. The van der Waals surface area contributed by atoms with Crippen molar-refractivity contribution < 1.29 is 14.3 Å². The van der Waals surface area contributed by atoms with E-state index >= 15 is 0 Å². The third-order valence-electron chi connectivity index (χ3n) is 4.89. The molecule has 2 amide bonds. The number of likely N-dealkylation sites (tertiary alicyclic amines) is 1. The van der Waals surface area contributed by atoms with Crippen LogP contribution >= 0.6 is 0 Å². The second-order valence-electron chi connectivity index (χ2n) is 6.54. The fraction of sp³-hybridized carbons (Fsp3) is 0.381. The van der Waals surface area contributed by atoms with Crippen molar-refractivity contribution in [3.05, 3.63) is 54.1 Å². The van der Waals surface area contributed by atoms with Crippen molar-refractivity contribution >= 4 is 11.7 Å². The topological polar surface area (TPSA) is 62.8 Å². The molecule has 6 heteroatoms. The number of hydrogen-bond donors (Lipinski definition) is 2. The summed E-state index contributed by atoms with van der Waals surface area (Å²) >= 11 is 0. The lowest BCUT2D eigenvalue weighted by Crippen LogP contribution is -2.38. The molecule has 2 aromatic rings. The minimum absolute atomic E-state index is 0.0760. The predicted molar refractivity (Wildman–Crippen MR) is 107 cm³/mol. The Kier molecular flexibility index (Phi) is 6.54. The summed E-state index contributed by atoms with van der Waals surface area (Å²) < 4.78 is 10.8. The summed E-state index contributed by atoms with van der Waals surface area (Å²) in [5.41, 5.74) is 1.74. The third kappa shape index (κ3) is 4.71. The van der Waals surface area contributed by atoms with Crippen molar-refractivity contribution in [2.45, 2.75) is 18.9 Å². The molecule has 0 bridgehead atoms. The van der Waals surface area contributed by atoms with Crippen molar-refractivity contribution in [3.8, 4) is 11.5 Å². The highest BCUT2D eigenvalue weighted by Crippen LogP contribution is 2.31. The average Bonchev–Trinajstić information content (AvgIpc) is 3.23. The number of para-hydroxylation sites is 3. The number of anilines is 1. The monoisotopic (exact) mass is 369 g/mol. The molecule has 0 radical (unpaired) electrons. The van der Waals surface area contributed by atoms with Crippen LogP contribution in [-0.2, 0) is 0 Å². The van der Waals surface area contributed by atoms with E-state index in [4.69, 9.17) is 9.47 Å². The maximum absolute atomic E-state index is 12.5. The summed E-state index contributed by atoms with van der Waals surface area (Å²) in [4.78, 5) is 14.9. The summed E-state index contributed by atoms with van der Waals surface area (Å²) in [5.74, 6) is 1.48. The van der Waals surface area contributed by atoms with Crippen molar-refractivity contribution in [2.75, 3.05) is 39.2 Å². The van der Waals surface area contributed by atoms with Gasteiger partial charge in [-0.05, 0) is 44.1 Å². The van der Waals surface area contributed by atoms with Crippen molar-refractivity contribution in [2.24, 2.45) is 0 Å². The van der Waals surface area contributed by atoms with Crippen LogP contribution in [0.25, 0.3) is 0 Å². The van der Waals surface area contributed by atoms with Crippen molar-refractivity contribution in [1.29, 1.82) is 0 Å². The number of nitrogens with zero attached hydrogens (tertiary/aromatic N) is 1. The predicted octanol–water partition coefficient (Wildman–Crippen LogP) is 3.66. The first-order chi connectivity index (χ1) is 13.2. The molecule has 1 fully saturated rings. The molecule has 6 nitrogen and oxygen atoms in total. The van der Waals surface area contributed by atoms with Crippen LogP contribution in [0.4, 0.5) is 10.5 Å². The van der Waals surface area contributed by atoms with Gasteiger partial charge in [-0.25, -0.2) is 4.79 Å². The van der Waals surface area contributed by atoms with Gasteiger partial charge in [0.25, 0.3) is 0 Å². The molecule has 27 heavy (non-hydrogen) atoms. The molecule has 1 atom stereocenters. The van der Waals surface area contributed by atoms with Gasteiger partial charge in [-0.1, -0.05) is 30.3 Å². The first-order valence-corrected chi connectivity index (χ1v) is 9.27. The molecule has 1 aliphatic rings. The van der Waals surface area contributed by atoms with Crippen molar-refractivity contribution in [3.63, 3.8) is 0 Å². The van der Waals surface area contributed by atoms with Crippen LogP contribution in [0.3, 0.4) is 0 Å². The van der Waals surface area contributed by atoms with Gasteiger partial charge >= 0.3 is 6.03 Å². The molecular formula is C21H27N3O3. The fourth-order valence-electron chi connectivity index (χ4n) is 3.53. The van der Waals surface area contributed by atoms with Gasteiger partial charge in [0.2, 0.25) is 0 Å². The number of amides is 2. The zero-order chi connectivity index (χ0) is 19.1. The molecule has 144 valence electrons. The van der Waals surface area contributed by atoms with E-state index in [9.17, 15) is 4.79 Å². The number of methoxy groups -OCH3 is 2.